The number of nitrogens with one attached hydrogen (secondary N) is 2. The highest BCUT2D eigenvalue weighted by Crippen LogP contribution is 2.43. The van der Waals surface area contributed by atoms with Crippen LogP contribution < -0.4 is 10.6 Å². The summed E-state index contributed by atoms with van der Waals surface area (Å²) in [7, 11) is 0. The van der Waals surface area contributed by atoms with Gasteiger partial charge in [-0.25, -0.2) is 4.98 Å². The third-order valence-corrected chi connectivity index (χ3v) is 7.45. The van der Waals surface area contributed by atoms with Gasteiger partial charge in [-0.3, -0.25) is 9.97 Å². The van der Waals surface area contributed by atoms with E-state index in [1.54, 1.807) is 12.4 Å². The topological polar surface area (TPSA) is 127 Å². The van der Waals surface area contributed by atoms with Crippen LogP contribution in [0.1, 0.15) is 44.3 Å². The second-order valence-electron chi connectivity index (χ2n) is 10.7. The molecule has 0 spiro atoms. The number of hydrogen-bond donors (Lipinski definition) is 3. The maximum Gasteiger partial charge on any atom is 0.225 e. The minimum absolute atomic E-state index is 0.0294. The highest BCUT2D eigenvalue weighted by atomic mass is 16.8. The Morgan fingerprint density at radius 2 is 1.92 bits per heavy atom. The molecule has 1 saturated heterocycles. The van der Waals surface area contributed by atoms with Crippen molar-refractivity contribution in [2.24, 2.45) is 5.92 Å². The molecule has 2 aliphatic rings. The lowest BCUT2D eigenvalue weighted by molar-refractivity contribution is -0.158. The Morgan fingerprint density at radius 3 is 2.69 bits per heavy atom. The average molecular weight is 531 g/mol. The smallest absolute Gasteiger partial charge is 0.225 e. The number of aliphatic hydroxyl groups is 1. The van der Waals surface area contributed by atoms with E-state index in [9.17, 15) is 5.11 Å². The molecular weight excluding hydrogens is 496 g/mol. The number of nitrogens with zero attached hydrogens (tertiary/aromatic N) is 4. The Morgan fingerprint density at radius 1 is 1.08 bits per heavy atom. The standard InChI is InChI=1S/C29H34N6O4/c1-5-19-10-17-12-22(37-23(17)14-31-19)24-16(2)33-28(32-13-20-8-6-7-9-30-20)35-27(24)34-21-11-18(15-36)25-26(21)39-29(3,4)38-25/h6-10,12,14,18,21,25-26,36H,5,11,13,15H2,1-4H3,(H2,32,33,34,35)/t18-,21-,25-,26+/m1/s1. The summed E-state index contributed by atoms with van der Waals surface area (Å²) in [6.07, 6.45) is 4.64. The quantitative estimate of drug-likeness (QED) is 0.300. The van der Waals surface area contributed by atoms with Crippen molar-refractivity contribution in [3.05, 3.63) is 59.8 Å². The molecule has 1 saturated carbocycles. The van der Waals surface area contributed by atoms with E-state index in [0.29, 0.717) is 36.1 Å². The molecular formula is C29H34N6O4. The van der Waals surface area contributed by atoms with Crippen LogP contribution in [0.3, 0.4) is 0 Å². The zero-order chi connectivity index (χ0) is 27.1. The molecule has 4 atom stereocenters. The van der Waals surface area contributed by atoms with Crippen molar-refractivity contribution < 1.29 is 19.0 Å². The molecule has 0 bridgehead atoms. The lowest BCUT2D eigenvalue weighted by Gasteiger charge is -2.25. The number of hydrogen-bond acceptors (Lipinski definition) is 10. The summed E-state index contributed by atoms with van der Waals surface area (Å²) in [4.78, 5) is 18.5. The molecule has 4 aromatic rings. The SMILES string of the molecule is CCc1cc2cc(-c3c(C)nc(NCc4ccccn4)nc3N[C@@H]3C[C@H](CO)[C@H]4OC(C)(C)O[C@H]43)oc2cn1. The monoisotopic (exact) mass is 530 g/mol. The van der Waals surface area contributed by atoms with Crippen LogP contribution in [0.15, 0.2) is 47.1 Å². The summed E-state index contributed by atoms with van der Waals surface area (Å²) in [6, 6.07) is 9.73. The van der Waals surface area contributed by atoms with Crippen molar-refractivity contribution in [3.63, 3.8) is 0 Å². The van der Waals surface area contributed by atoms with E-state index in [1.165, 1.54) is 0 Å². The number of anilines is 2. The Kier molecular flexibility index (Phi) is 6.70. The van der Waals surface area contributed by atoms with Crippen molar-refractivity contribution in [2.75, 3.05) is 17.2 Å². The van der Waals surface area contributed by atoms with Gasteiger partial charge in [0.05, 0.1) is 41.8 Å². The Labute approximate surface area is 227 Å². The van der Waals surface area contributed by atoms with Crippen LogP contribution in [0.25, 0.3) is 22.3 Å². The fourth-order valence-electron chi connectivity index (χ4n) is 5.61. The van der Waals surface area contributed by atoms with Crippen molar-refractivity contribution in [1.82, 2.24) is 19.9 Å². The molecule has 2 fully saturated rings. The van der Waals surface area contributed by atoms with Crippen LogP contribution >= 0.6 is 0 Å². The number of ether oxygens (including phenoxy) is 2. The van der Waals surface area contributed by atoms with E-state index in [1.807, 2.05) is 51.1 Å². The lowest BCUT2D eigenvalue weighted by atomic mass is 10.1. The number of furan rings is 1. The summed E-state index contributed by atoms with van der Waals surface area (Å²) in [5, 5.41) is 18.0. The van der Waals surface area contributed by atoms with Crippen LogP contribution in [0, 0.1) is 12.8 Å². The number of aryl methyl sites for hydroxylation is 2. The van der Waals surface area contributed by atoms with Crippen LogP contribution in [0.4, 0.5) is 11.8 Å². The fraction of sp³-hybridized carbons (Fsp3) is 0.448. The van der Waals surface area contributed by atoms with Gasteiger partial charge in [-0.1, -0.05) is 13.0 Å². The summed E-state index contributed by atoms with van der Waals surface area (Å²) < 4.78 is 18.7. The maximum absolute atomic E-state index is 10.1. The molecule has 0 aromatic carbocycles. The van der Waals surface area contributed by atoms with Gasteiger partial charge in [-0.15, -0.1) is 0 Å². The van der Waals surface area contributed by atoms with Gasteiger partial charge in [0, 0.05) is 29.8 Å². The molecule has 1 aliphatic carbocycles. The molecule has 4 aromatic heterocycles. The third-order valence-electron chi connectivity index (χ3n) is 7.45. The second kappa shape index (κ2) is 10.2. The molecule has 39 heavy (non-hydrogen) atoms. The molecule has 0 amide bonds. The largest absolute Gasteiger partial charge is 0.454 e. The molecule has 204 valence electrons. The van der Waals surface area contributed by atoms with Crippen LogP contribution in [-0.2, 0) is 22.4 Å². The molecule has 1 aliphatic heterocycles. The van der Waals surface area contributed by atoms with Gasteiger partial charge in [-0.05, 0) is 57.9 Å². The lowest BCUT2D eigenvalue weighted by Crippen LogP contribution is -2.35. The second-order valence-corrected chi connectivity index (χ2v) is 10.7. The minimum atomic E-state index is -0.717. The van der Waals surface area contributed by atoms with E-state index in [0.717, 1.165) is 34.5 Å². The predicted octanol–water partition coefficient (Wildman–Crippen LogP) is 4.48. The van der Waals surface area contributed by atoms with Crippen molar-refractivity contribution in [3.8, 4) is 11.3 Å². The molecule has 3 N–H and O–H groups in total. The van der Waals surface area contributed by atoms with Crippen molar-refractivity contribution >= 4 is 22.7 Å². The first kappa shape index (κ1) is 25.7. The van der Waals surface area contributed by atoms with E-state index < -0.39 is 5.79 Å². The molecule has 0 radical (unpaired) electrons. The number of rotatable bonds is 8. The van der Waals surface area contributed by atoms with Gasteiger partial charge in [0.15, 0.2) is 11.4 Å². The fourth-order valence-corrected chi connectivity index (χ4v) is 5.61. The van der Waals surface area contributed by atoms with Gasteiger partial charge in [0.25, 0.3) is 0 Å². The normalized spacial score (nSPS) is 23.7. The summed E-state index contributed by atoms with van der Waals surface area (Å²) >= 11 is 0. The van der Waals surface area contributed by atoms with Gasteiger partial charge in [0.2, 0.25) is 5.95 Å². The van der Waals surface area contributed by atoms with Crippen molar-refractivity contribution in [1.29, 1.82) is 0 Å². The molecule has 10 heteroatoms. The Balaban J connectivity index is 1.38. The Bertz CT molecular complexity index is 1470. The minimum Gasteiger partial charge on any atom is -0.454 e. The first-order valence-electron chi connectivity index (χ1n) is 13.5. The highest BCUT2D eigenvalue weighted by Gasteiger charge is 2.54. The van der Waals surface area contributed by atoms with Crippen molar-refractivity contribution in [2.45, 2.75) is 71.1 Å². The Hall–Kier alpha value is -3.60. The first-order chi connectivity index (χ1) is 18.8. The number of aromatic nitrogens is 4. The highest BCUT2D eigenvalue weighted by molar-refractivity contribution is 5.86. The summed E-state index contributed by atoms with van der Waals surface area (Å²) in [5.41, 5.74) is 4.13. The van der Waals surface area contributed by atoms with Gasteiger partial charge < -0.3 is 29.6 Å². The summed E-state index contributed by atoms with van der Waals surface area (Å²) in [5.74, 6) is 1.02. The number of fused-ring (bicyclic) bond motifs is 2. The summed E-state index contributed by atoms with van der Waals surface area (Å²) in [6.45, 7) is 8.36. The van der Waals surface area contributed by atoms with Gasteiger partial charge in [0.1, 0.15) is 17.7 Å². The molecule has 10 nitrogen and oxygen atoms in total. The zero-order valence-corrected chi connectivity index (χ0v) is 22.6. The van der Waals surface area contributed by atoms with E-state index >= 15 is 0 Å². The van der Waals surface area contributed by atoms with Gasteiger partial charge in [-0.2, -0.15) is 4.98 Å². The number of pyridine rings is 2. The van der Waals surface area contributed by atoms with Gasteiger partial charge >= 0.3 is 0 Å². The predicted molar refractivity (Wildman–Crippen MR) is 147 cm³/mol. The van der Waals surface area contributed by atoms with Crippen LogP contribution in [-0.4, -0.2) is 55.7 Å². The van der Waals surface area contributed by atoms with E-state index in [4.69, 9.17) is 23.9 Å². The molecule has 5 heterocycles. The maximum atomic E-state index is 10.1. The van der Waals surface area contributed by atoms with E-state index in [2.05, 4.69) is 27.5 Å². The number of aliphatic hydroxyl groups excluding tert-OH is 1. The molecule has 6 rings (SSSR count). The van der Waals surface area contributed by atoms with E-state index in [-0.39, 0.29) is 30.8 Å². The third kappa shape index (κ3) is 5.07. The van der Waals surface area contributed by atoms with Crippen LogP contribution in [0.5, 0.6) is 0 Å². The zero-order valence-electron chi connectivity index (χ0n) is 22.6. The molecule has 0 unspecified atom stereocenters. The first-order valence-corrected chi connectivity index (χ1v) is 13.5. The van der Waals surface area contributed by atoms with Crippen LogP contribution in [0.2, 0.25) is 0 Å². The average Bonchev–Trinajstić information content (AvgIpc) is 3.58.